The molecule has 1 unspecified atom stereocenters. The van der Waals surface area contributed by atoms with E-state index in [2.05, 4.69) is 5.32 Å². The zero-order chi connectivity index (χ0) is 18.4. The Morgan fingerprint density at radius 1 is 0.846 bits per heavy atom. The maximum absolute atomic E-state index is 13.0. The summed E-state index contributed by atoms with van der Waals surface area (Å²) in [5.74, 6) is -0.984. The second-order valence-electron chi connectivity index (χ2n) is 6.09. The van der Waals surface area contributed by atoms with Crippen LogP contribution in [0.15, 0.2) is 84.9 Å². The van der Waals surface area contributed by atoms with E-state index in [4.69, 9.17) is 5.73 Å². The molecule has 3 aromatic rings. The third-order valence-corrected chi connectivity index (χ3v) is 4.22. The van der Waals surface area contributed by atoms with E-state index < -0.39 is 5.91 Å². The Labute approximate surface area is 152 Å². The molecule has 130 valence electrons. The van der Waals surface area contributed by atoms with E-state index in [1.807, 2.05) is 60.7 Å². The summed E-state index contributed by atoms with van der Waals surface area (Å²) in [5, 5.41) is 2.91. The van der Waals surface area contributed by atoms with Gasteiger partial charge in [-0.05, 0) is 35.7 Å². The molecule has 0 aliphatic rings. The first-order valence-corrected chi connectivity index (χ1v) is 8.43. The van der Waals surface area contributed by atoms with Gasteiger partial charge in [-0.15, -0.1) is 0 Å². The van der Waals surface area contributed by atoms with Gasteiger partial charge in [-0.3, -0.25) is 9.59 Å². The second kappa shape index (κ2) is 8.12. The molecule has 0 saturated carbocycles. The molecule has 4 nitrogen and oxygen atoms in total. The summed E-state index contributed by atoms with van der Waals surface area (Å²) in [5.41, 5.74) is 8.26. The number of carbonyl (C=O) groups is 2. The van der Waals surface area contributed by atoms with E-state index in [-0.39, 0.29) is 11.8 Å². The number of benzene rings is 3. The monoisotopic (exact) mass is 344 g/mol. The molecule has 0 radical (unpaired) electrons. The van der Waals surface area contributed by atoms with Gasteiger partial charge in [0, 0.05) is 11.3 Å². The number of hydrogen-bond acceptors (Lipinski definition) is 2. The lowest BCUT2D eigenvalue weighted by atomic mass is 9.91. The number of anilines is 1. The van der Waals surface area contributed by atoms with E-state index in [1.54, 1.807) is 24.3 Å². The standard InChI is InChI=1S/C22H20N2O2/c23-21(25)18-12-7-13-19(15-18)24-22(26)20(17-10-5-2-6-11-17)14-16-8-3-1-4-9-16/h1-13,15,20H,14H2,(H2,23,25)(H,24,26). The first-order valence-electron chi connectivity index (χ1n) is 8.43. The quantitative estimate of drug-likeness (QED) is 0.715. The van der Waals surface area contributed by atoms with Crippen LogP contribution in [0.5, 0.6) is 0 Å². The van der Waals surface area contributed by atoms with Crippen molar-refractivity contribution >= 4 is 17.5 Å². The van der Waals surface area contributed by atoms with Crippen LogP contribution in [0.4, 0.5) is 5.69 Å². The molecule has 0 fully saturated rings. The molecule has 26 heavy (non-hydrogen) atoms. The van der Waals surface area contributed by atoms with Crippen molar-refractivity contribution in [3.05, 3.63) is 102 Å². The fraction of sp³-hybridized carbons (Fsp3) is 0.0909. The Morgan fingerprint density at radius 3 is 2.15 bits per heavy atom. The van der Waals surface area contributed by atoms with Crippen molar-refractivity contribution < 1.29 is 9.59 Å². The van der Waals surface area contributed by atoms with Crippen LogP contribution in [0.3, 0.4) is 0 Å². The van der Waals surface area contributed by atoms with Gasteiger partial charge in [-0.2, -0.15) is 0 Å². The summed E-state index contributed by atoms with van der Waals surface area (Å²) in [7, 11) is 0. The van der Waals surface area contributed by atoms with Crippen LogP contribution in [0, 0.1) is 0 Å². The van der Waals surface area contributed by atoms with Crippen molar-refractivity contribution in [3.63, 3.8) is 0 Å². The number of carbonyl (C=O) groups excluding carboxylic acids is 2. The van der Waals surface area contributed by atoms with E-state index in [9.17, 15) is 9.59 Å². The summed E-state index contributed by atoms with van der Waals surface area (Å²) in [6.07, 6.45) is 0.589. The van der Waals surface area contributed by atoms with E-state index in [0.29, 0.717) is 17.7 Å². The van der Waals surface area contributed by atoms with Crippen molar-refractivity contribution in [2.75, 3.05) is 5.32 Å². The van der Waals surface area contributed by atoms with Gasteiger partial charge >= 0.3 is 0 Å². The highest BCUT2D eigenvalue weighted by molar-refractivity contribution is 5.98. The van der Waals surface area contributed by atoms with Gasteiger partial charge in [0.05, 0.1) is 5.92 Å². The second-order valence-corrected chi connectivity index (χ2v) is 6.09. The van der Waals surface area contributed by atoms with Crippen molar-refractivity contribution in [2.24, 2.45) is 5.73 Å². The van der Waals surface area contributed by atoms with E-state index >= 15 is 0 Å². The number of primary amides is 1. The smallest absolute Gasteiger partial charge is 0.248 e. The molecule has 0 saturated heterocycles. The van der Waals surface area contributed by atoms with E-state index in [1.165, 1.54) is 0 Å². The molecule has 3 N–H and O–H groups in total. The normalized spacial score (nSPS) is 11.5. The largest absolute Gasteiger partial charge is 0.366 e. The zero-order valence-electron chi connectivity index (χ0n) is 14.3. The van der Waals surface area contributed by atoms with Crippen molar-refractivity contribution in [3.8, 4) is 0 Å². The Balaban J connectivity index is 1.85. The fourth-order valence-electron chi connectivity index (χ4n) is 2.88. The number of amides is 2. The molecule has 0 bridgehead atoms. The van der Waals surface area contributed by atoms with Gasteiger partial charge in [-0.1, -0.05) is 66.7 Å². The molecule has 0 aromatic heterocycles. The first-order chi connectivity index (χ1) is 12.6. The Hall–Kier alpha value is -3.40. The molecule has 0 aliphatic heterocycles. The maximum Gasteiger partial charge on any atom is 0.248 e. The third kappa shape index (κ3) is 4.36. The number of nitrogens with one attached hydrogen (secondary N) is 1. The first kappa shape index (κ1) is 17.4. The summed E-state index contributed by atoms with van der Waals surface area (Å²) in [6.45, 7) is 0. The van der Waals surface area contributed by atoms with Crippen LogP contribution >= 0.6 is 0 Å². The molecule has 1 atom stereocenters. The van der Waals surface area contributed by atoms with Gasteiger partial charge in [0.1, 0.15) is 0 Å². The highest BCUT2D eigenvalue weighted by atomic mass is 16.2. The van der Waals surface area contributed by atoms with Gasteiger partial charge in [0.25, 0.3) is 0 Å². The van der Waals surface area contributed by atoms with E-state index in [0.717, 1.165) is 11.1 Å². The molecular weight excluding hydrogens is 324 g/mol. The van der Waals surface area contributed by atoms with Crippen LogP contribution in [0.25, 0.3) is 0 Å². The lowest BCUT2D eigenvalue weighted by molar-refractivity contribution is -0.117. The summed E-state index contributed by atoms with van der Waals surface area (Å²) < 4.78 is 0. The maximum atomic E-state index is 13.0. The Bertz CT molecular complexity index is 892. The molecule has 0 aliphatic carbocycles. The highest BCUT2D eigenvalue weighted by Crippen LogP contribution is 2.23. The van der Waals surface area contributed by atoms with Crippen LogP contribution in [-0.2, 0) is 11.2 Å². The summed E-state index contributed by atoms with van der Waals surface area (Å²) >= 11 is 0. The van der Waals surface area contributed by atoms with Crippen LogP contribution in [0.2, 0.25) is 0 Å². The molecule has 0 spiro atoms. The van der Waals surface area contributed by atoms with Crippen LogP contribution < -0.4 is 11.1 Å². The minimum absolute atomic E-state index is 0.123. The van der Waals surface area contributed by atoms with Crippen LogP contribution in [-0.4, -0.2) is 11.8 Å². The molecule has 3 aromatic carbocycles. The average molecular weight is 344 g/mol. The lowest BCUT2D eigenvalue weighted by Gasteiger charge is -2.18. The highest BCUT2D eigenvalue weighted by Gasteiger charge is 2.21. The van der Waals surface area contributed by atoms with Gasteiger partial charge in [0.2, 0.25) is 11.8 Å². The van der Waals surface area contributed by atoms with Crippen LogP contribution in [0.1, 0.15) is 27.4 Å². The van der Waals surface area contributed by atoms with Crippen molar-refractivity contribution in [2.45, 2.75) is 12.3 Å². The van der Waals surface area contributed by atoms with Crippen molar-refractivity contribution in [1.82, 2.24) is 0 Å². The predicted molar refractivity (Wildman–Crippen MR) is 103 cm³/mol. The SMILES string of the molecule is NC(=O)c1cccc(NC(=O)C(Cc2ccccc2)c2ccccc2)c1. The van der Waals surface area contributed by atoms with Gasteiger partial charge < -0.3 is 11.1 Å². The predicted octanol–water partition coefficient (Wildman–Crippen LogP) is 3.75. The topological polar surface area (TPSA) is 72.2 Å². The van der Waals surface area contributed by atoms with Crippen molar-refractivity contribution in [1.29, 1.82) is 0 Å². The molecule has 3 rings (SSSR count). The fourth-order valence-corrected chi connectivity index (χ4v) is 2.88. The lowest BCUT2D eigenvalue weighted by Crippen LogP contribution is -2.23. The number of hydrogen-bond donors (Lipinski definition) is 2. The minimum Gasteiger partial charge on any atom is -0.366 e. The number of nitrogens with two attached hydrogens (primary N) is 1. The molecular formula is C22H20N2O2. The number of rotatable bonds is 6. The average Bonchev–Trinajstić information content (AvgIpc) is 2.67. The Morgan fingerprint density at radius 2 is 1.50 bits per heavy atom. The Kier molecular flexibility index (Phi) is 5.44. The zero-order valence-corrected chi connectivity index (χ0v) is 14.3. The van der Waals surface area contributed by atoms with Gasteiger partial charge in [0.15, 0.2) is 0 Å². The summed E-state index contributed by atoms with van der Waals surface area (Å²) in [4.78, 5) is 24.3. The third-order valence-electron chi connectivity index (χ3n) is 4.22. The molecule has 4 heteroatoms. The van der Waals surface area contributed by atoms with Gasteiger partial charge in [-0.25, -0.2) is 0 Å². The molecule has 2 amide bonds. The minimum atomic E-state index is -0.523. The summed E-state index contributed by atoms with van der Waals surface area (Å²) in [6, 6.07) is 26.2. The molecule has 0 heterocycles.